The molecule has 114 valence electrons. The SMILES string of the molecule is CCCC(CCO)CNS(=O)(=O)CCCC(=O)OC. The zero-order chi connectivity index (χ0) is 14.7. The Morgan fingerprint density at radius 2 is 2.05 bits per heavy atom. The predicted molar refractivity (Wildman–Crippen MR) is 73.1 cm³/mol. The van der Waals surface area contributed by atoms with E-state index in [1.165, 1.54) is 7.11 Å². The molecule has 6 nitrogen and oxygen atoms in total. The van der Waals surface area contributed by atoms with Crippen molar-refractivity contribution in [1.29, 1.82) is 0 Å². The second-order valence-electron chi connectivity index (χ2n) is 4.51. The Balaban J connectivity index is 4.03. The second kappa shape index (κ2) is 10.2. The molecule has 0 aromatic heterocycles. The Kier molecular flexibility index (Phi) is 9.81. The highest BCUT2D eigenvalue weighted by molar-refractivity contribution is 7.89. The van der Waals surface area contributed by atoms with Crippen LogP contribution in [0.2, 0.25) is 0 Å². The van der Waals surface area contributed by atoms with Crippen LogP contribution < -0.4 is 4.72 Å². The Hall–Kier alpha value is -0.660. The number of rotatable bonds is 11. The molecule has 2 N–H and O–H groups in total. The molecule has 0 amide bonds. The number of methoxy groups -OCH3 is 1. The standard InChI is InChI=1S/C12H25NO5S/c1-3-5-11(7-8-14)10-13-19(16,17)9-4-6-12(15)18-2/h11,13-14H,3-10H2,1-2H3. The van der Waals surface area contributed by atoms with Crippen LogP contribution in [0.15, 0.2) is 0 Å². The second-order valence-corrected chi connectivity index (χ2v) is 6.44. The van der Waals surface area contributed by atoms with Gasteiger partial charge in [0, 0.05) is 19.6 Å². The fraction of sp³-hybridized carbons (Fsp3) is 0.917. The van der Waals surface area contributed by atoms with Crippen LogP contribution in [0.3, 0.4) is 0 Å². The Morgan fingerprint density at radius 3 is 2.58 bits per heavy atom. The molecule has 0 saturated carbocycles. The normalized spacial score (nSPS) is 13.2. The van der Waals surface area contributed by atoms with E-state index in [1.807, 2.05) is 6.92 Å². The van der Waals surface area contributed by atoms with Crippen LogP contribution in [0.5, 0.6) is 0 Å². The molecule has 0 rings (SSSR count). The lowest BCUT2D eigenvalue weighted by Gasteiger charge is -2.15. The van der Waals surface area contributed by atoms with E-state index in [0.717, 1.165) is 12.8 Å². The molecule has 0 bridgehead atoms. The maximum Gasteiger partial charge on any atom is 0.305 e. The van der Waals surface area contributed by atoms with Gasteiger partial charge in [0.25, 0.3) is 0 Å². The number of carbonyl (C=O) groups is 1. The summed E-state index contributed by atoms with van der Waals surface area (Å²) in [5.74, 6) is -0.329. The third-order valence-electron chi connectivity index (χ3n) is 2.85. The topological polar surface area (TPSA) is 92.7 Å². The van der Waals surface area contributed by atoms with Crippen LogP contribution in [0.4, 0.5) is 0 Å². The molecule has 0 aliphatic carbocycles. The van der Waals surface area contributed by atoms with Crippen molar-refractivity contribution in [2.24, 2.45) is 5.92 Å². The largest absolute Gasteiger partial charge is 0.469 e. The zero-order valence-electron chi connectivity index (χ0n) is 11.7. The lowest BCUT2D eigenvalue weighted by atomic mass is 10.0. The smallest absolute Gasteiger partial charge is 0.305 e. The molecule has 0 aliphatic heterocycles. The van der Waals surface area contributed by atoms with Crippen LogP contribution in [0.25, 0.3) is 0 Å². The molecule has 19 heavy (non-hydrogen) atoms. The first-order valence-corrected chi connectivity index (χ1v) is 8.25. The molecule has 1 atom stereocenters. The van der Waals surface area contributed by atoms with Crippen molar-refractivity contribution >= 4 is 16.0 Å². The van der Waals surface area contributed by atoms with Gasteiger partial charge < -0.3 is 9.84 Å². The number of aliphatic hydroxyl groups excluding tert-OH is 1. The first-order chi connectivity index (χ1) is 8.95. The number of ether oxygens (including phenoxy) is 1. The highest BCUT2D eigenvalue weighted by Gasteiger charge is 2.14. The van der Waals surface area contributed by atoms with Crippen molar-refractivity contribution in [3.05, 3.63) is 0 Å². The molecule has 0 heterocycles. The molecule has 7 heteroatoms. The fourth-order valence-corrected chi connectivity index (χ4v) is 2.92. The first-order valence-electron chi connectivity index (χ1n) is 6.60. The number of hydrogen-bond donors (Lipinski definition) is 2. The highest BCUT2D eigenvalue weighted by atomic mass is 32.2. The third kappa shape index (κ3) is 9.86. The van der Waals surface area contributed by atoms with Gasteiger partial charge in [-0.25, -0.2) is 13.1 Å². The predicted octanol–water partition coefficient (Wildman–Crippen LogP) is 0.658. The van der Waals surface area contributed by atoms with E-state index >= 15 is 0 Å². The summed E-state index contributed by atoms with van der Waals surface area (Å²) in [6.45, 7) is 2.43. The zero-order valence-corrected chi connectivity index (χ0v) is 12.5. The van der Waals surface area contributed by atoms with Crippen LogP contribution in [0, 0.1) is 5.92 Å². The molecule has 0 spiro atoms. The summed E-state index contributed by atoms with van der Waals surface area (Å²) in [5.41, 5.74) is 0. The van der Waals surface area contributed by atoms with Crippen LogP contribution in [0.1, 0.15) is 39.0 Å². The summed E-state index contributed by atoms with van der Waals surface area (Å²) in [7, 11) is -2.08. The van der Waals surface area contributed by atoms with Gasteiger partial charge in [-0.15, -0.1) is 0 Å². The molecule has 0 aromatic rings. The van der Waals surface area contributed by atoms with Gasteiger partial charge in [0.1, 0.15) is 0 Å². The Bertz CT molecular complexity index is 336. The average Bonchev–Trinajstić information content (AvgIpc) is 2.36. The van der Waals surface area contributed by atoms with E-state index in [2.05, 4.69) is 9.46 Å². The number of nitrogens with one attached hydrogen (secondary N) is 1. The van der Waals surface area contributed by atoms with Crippen LogP contribution in [-0.2, 0) is 19.6 Å². The molecule has 0 saturated heterocycles. The summed E-state index contributed by atoms with van der Waals surface area (Å²) in [5, 5.41) is 8.89. The summed E-state index contributed by atoms with van der Waals surface area (Å²) in [6, 6.07) is 0. The maximum absolute atomic E-state index is 11.7. The third-order valence-corrected chi connectivity index (χ3v) is 4.28. The average molecular weight is 295 g/mol. The van der Waals surface area contributed by atoms with Gasteiger partial charge in [-0.2, -0.15) is 0 Å². The van der Waals surface area contributed by atoms with E-state index in [-0.39, 0.29) is 31.1 Å². The fourth-order valence-electron chi connectivity index (χ4n) is 1.76. The molecule has 0 fully saturated rings. The van der Waals surface area contributed by atoms with Gasteiger partial charge in [0.05, 0.1) is 12.9 Å². The minimum atomic E-state index is -3.36. The van der Waals surface area contributed by atoms with E-state index in [0.29, 0.717) is 13.0 Å². The molecule has 0 aromatic carbocycles. The van der Waals surface area contributed by atoms with Crippen molar-refractivity contribution in [3.63, 3.8) is 0 Å². The van der Waals surface area contributed by atoms with Gasteiger partial charge in [-0.3, -0.25) is 4.79 Å². The molecule has 0 aliphatic rings. The van der Waals surface area contributed by atoms with Crippen molar-refractivity contribution in [3.8, 4) is 0 Å². The highest BCUT2D eigenvalue weighted by Crippen LogP contribution is 2.10. The lowest BCUT2D eigenvalue weighted by molar-refractivity contribution is -0.140. The Morgan fingerprint density at radius 1 is 1.37 bits per heavy atom. The maximum atomic E-state index is 11.7. The summed E-state index contributed by atoms with van der Waals surface area (Å²) < 4.78 is 30.3. The van der Waals surface area contributed by atoms with E-state index in [4.69, 9.17) is 5.11 Å². The van der Waals surface area contributed by atoms with Crippen molar-refractivity contribution in [2.45, 2.75) is 39.0 Å². The molecular weight excluding hydrogens is 270 g/mol. The van der Waals surface area contributed by atoms with Crippen LogP contribution >= 0.6 is 0 Å². The lowest BCUT2D eigenvalue weighted by Crippen LogP contribution is -2.32. The van der Waals surface area contributed by atoms with E-state index < -0.39 is 16.0 Å². The van der Waals surface area contributed by atoms with Gasteiger partial charge in [-0.1, -0.05) is 13.3 Å². The molecular formula is C12H25NO5S. The van der Waals surface area contributed by atoms with Crippen molar-refractivity contribution in [1.82, 2.24) is 4.72 Å². The molecule has 0 radical (unpaired) electrons. The van der Waals surface area contributed by atoms with Crippen molar-refractivity contribution < 1.29 is 23.1 Å². The van der Waals surface area contributed by atoms with Gasteiger partial charge in [0.15, 0.2) is 0 Å². The minimum Gasteiger partial charge on any atom is -0.469 e. The first kappa shape index (κ1) is 18.3. The van der Waals surface area contributed by atoms with Gasteiger partial charge >= 0.3 is 5.97 Å². The number of aliphatic hydroxyl groups is 1. The van der Waals surface area contributed by atoms with Gasteiger partial charge in [-0.05, 0) is 25.2 Å². The number of carbonyl (C=O) groups excluding carboxylic acids is 1. The summed E-state index contributed by atoms with van der Waals surface area (Å²) >= 11 is 0. The quantitative estimate of drug-likeness (QED) is 0.546. The molecule has 1 unspecified atom stereocenters. The number of sulfonamides is 1. The van der Waals surface area contributed by atoms with E-state index in [1.54, 1.807) is 0 Å². The van der Waals surface area contributed by atoms with E-state index in [9.17, 15) is 13.2 Å². The number of hydrogen-bond acceptors (Lipinski definition) is 5. The van der Waals surface area contributed by atoms with Crippen LogP contribution in [-0.4, -0.2) is 45.5 Å². The summed E-state index contributed by atoms with van der Waals surface area (Å²) in [4.78, 5) is 10.9. The number of esters is 1. The summed E-state index contributed by atoms with van der Waals surface area (Å²) in [6.07, 6.45) is 2.78. The minimum absolute atomic E-state index is 0.0642. The van der Waals surface area contributed by atoms with Gasteiger partial charge in [0.2, 0.25) is 10.0 Å². The Labute approximate surface area is 115 Å². The monoisotopic (exact) mass is 295 g/mol. The van der Waals surface area contributed by atoms with Crippen molar-refractivity contribution in [2.75, 3.05) is 26.0 Å².